The lowest BCUT2D eigenvalue weighted by Gasteiger charge is -2.30. The zero-order chi connectivity index (χ0) is 82.9. The molecular weight excluding hydrogens is 1420 g/mol. The van der Waals surface area contributed by atoms with Crippen molar-refractivity contribution in [2.75, 3.05) is 6.54 Å². The van der Waals surface area contributed by atoms with Crippen molar-refractivity contribution >= 4 is 87.8 Å². The largest absolute Gasteiger partial charge is 0.508 e. The van der Waals surface area contributed by atoms with Gasteiger partial charge < -0.3 is 90.3 Å². The number of aliphatic carboxylic acids is 2. The van der Waals surface area contributed by atoms with E-state index in [2.05, 4.69) is 63.5 Å². The topological polar surface area (TPSA) is 483 Å². The van der Waals surface area contributed by atoms with E-state index in [-0.39, 0.29) is 99.0 Å². The van der Waals surface area contributed by atoms with Crippen molar-refractivity contribution in [1.29, 1.82) is 0 Å². The van der Waals surface area contributed by atoms with Crippen LogP contribution in [0.15, 0.2) is 85.1 Å². The molecular formula is C81H124N14O16. The van der Waals surface area contributed by atoms with E-state index in [1.165, 1.54) is 24.3 Å². The Bertz CT molecular complexity index is 3720. The van der Waals surface area contributed by atoms with Crippen LogP contribution in [0.5, 0.6) is 5.75 Å². The summed E-state index contributed by atoms with van der Waals surface area (Å²) in [5, 5.41) is 61.0. The summed E-state index contributed by atoms with van der Waals surface area (Å²) in [7, 11) is 0. The van der Waals surface area contributed by atoms with Crippen LogP contribution >= 0.6 is 0 Å². The SMILES string of the molecule is CC[C@H](C)[C@H](N)C(=O)N[C@@H](CCCCN)C(=O)N[C@@H](Cc1c[nH]c2ccccc12)C(=O)N[C@@H](CCC(=O)O)C(=O)N[C@@H](Cc1ccc(O)cc1)C(=O)N[C@H](C(=O)N[C@@H](CC(C)C)C(=O)N[C@@H](CC(C)C)C(=O)N[C@@H](CC(C)C)C(=O)N[C@@H](Cc1ccccc1)C(=O)N[C@@H](CC(C)C)C(=O)N[C@@H](CC(C)C)C(=O)O)C(C)C. The first-order chi connectivity index (χ1) is 52.3. The van der Waals surface area contributed by atoms with E-state index >= 15 is 0 Å². The molecule has 30 nitrogen and oxygen atoms in total. The zero-order valence-corrected chi connectivity index (χ0v) is 67.0. The molecule has 0 aliphatic heterocycles. The Labute approximate surface area is 652 Å². The lowest BCUT2D eigenvalue weighted by Crippen LogP contribution is -2.62. The number of unbranched alkanes of at least 4 members (excludes halogenated alkanes) is 1. The highest BCUT2D eigenvalue weighted by Crippen LogP contribution is 2.22. The van der Waals surface area contributed by atoms with Crippen molar-refractivity contribution in [2.45, 2.75) is 259 Å². The molecule has 1 aromatic heterocycles. The summed E-state index contributed by atoms with van der Waals surface area (Å²) < 4.78 is 0. The number of rotatable bonds is 49. The van der Waals surface area contributed by atoms with Crippen LogP contribution in [0.4, 0.5) is 0 Å². The van der Waals surface area contributed by atoms with Crippen LogP contribution in [0.25, 0.3) is 10.9 Å². The number of carbonyl (C=O) groups excluding carboxylic acids is 11. The number of H-pyrrole nitrogens is 1. The molecule has 4 rings (SSSR count). The molecule has 0 bridgehead atoms. The molecule has 30 heteroatoms. The first-order valence-corrected chi connectivity index (χ1v) is 38.9. The quantitative estimate of drug-likeness (QED) is 0.0269. The molecule has 1 heterocycles. The molecule has 0 spiro atoms. The van der Waals surface area contributed by atoms with E-state index < -0.39 is 168 Å². The lowest BCUT2D eigenvalue weighted by atomic mass is 9.97. The molecule has 614 valence electrons. The number of fused-ring (bicyclic) bond motifs is 1. The van der Waals surface area contributed by atoms with Crippen LogP contribution in [0.2, 0.25) is 0 Å². The van der Waals surface area contributed by atoms with Gasteiger partial charge in [0.1, 0.15) is 72.2 Å². The molecule has 0 radical (unpaired) electrons. The summed E-state index contributed by atoms with van der Waals surface area (Å²) in [6, 6.07) is 5.59. The summed E-state index contributed by atoms with van der Waals surface area (Å²) in [4.78, 5) is 188. The predicted octanol–water partition coefficient (Wildman–Crippen LogP) is 4.57. The minimum atomic E-state index is -1.69. The van der Waals surface area contributed by atoms with Gasteiger partial charge in [0, 0.05) is 42.8 Å². The Kier molecular flexibility index (Phi) is 39.2. The van der Waals surface area contributed by atoms with Gasteiger partial charge in [-0.2, -0.15) is 0 Å². The summed E-state index contributed by atoms with van der Waals surface area (Å²) in [6.07, 6.45) is 1.92. The number of nitrogens with one attached hydrogen (secondary N) is 12. The van der Waals surface area contributed by atoms with Gasteiger partial charge in [-0.3, -0.25) is 57.5 Å². The maximum Gasteiger partial charge on any atom is 0.326 e. The van der Waals surface area contributed by atoms with Gasteiger partial charge >= 0.3 is 11.9 Å². The number of phenolic OH excluding ortho intramolecular Hbond substituents is 1. The third kappa shape index (κ3) is 32.5. The van der Waals surface area contributed by atoms with E-state index in [9.17, 15) is 77.6 Å². The second-order valence-corrected chi connectivity index (χ2v) is 31.6. The third-order valence-corrected chi connectivity index (χ3v) is 19.0. The first kappa shape index (κ1) is 93.4. The van der Waals surface area contributed by atoms with E-state index in [1.54, 1.807) is 89.3 Å². The van der Waals surface area contributed by atoms with Crippen molar-refractivity contribution in [1.82, 2.24) is 63.5 Å². The smallest absolute Gasteiger partial charge is 0.326 e. The molecule has 19 N–H and O–H groups in total. The predicted molar refractivity (Wildman–Crippen MR) is 422 cm³/mol. The first-order valence-electron chi connectivity index (χ1n) is 38.9. The van der Waals surface area contributed by atoms with E-state index in [1.807, 2.05) is 68.4 Å². The Morgan fingerprint density at radius 1 is 0.396 bits per heavy atom. The number of carbonyl (C=O) groups is 13. The Morgan fingerprint density at radius 3 is 1.19 bits per heavy atom. The number of aromatic hydroxyl groups is 1. The molecule has 13 atom stereocenters. The summed E-state index contributed by atoms with van der Waals surface area (Å²) in [6.45, 7) is 25.4. The molecule has 0 aliphatic rings. The highest BCUT2D eigenvalue weighted by molar-refractivity contribution is 6.00. The second-order valence-electron chi connectivity index (χ2n) is 31.6. The highest BCUT2D eigenvalue weighted by Gasteiger charge is 2.39. The number of nitrogens with two attached hydrogens (primary N) is 2. The van der Waals surface area contributed by atoms with E-state index in [4.69, 9.17) is 11.5 Å². The molecule has 0 saturated carbocycles. The molecule has 0 fully saturated rings. The lowest BCUT2D eigenvalue weighted by molar-refractivity contribution is -0.143. The average Bonchev–Trinajstić information content (AvgIpc) is 1.73. The number of aromatic amines is 1. The molecule has 111 heavy (non-hydrogen) atoms. The number of hydrogen-bond donors (Lipinski definition) is 17. The standard InChI is InChI=1S/C81H124N14O16/c1-15-50(14)68(83)79(108)86-57(27-21-22-34-82)70(99)92-65(42-53-43-84-56-26-20-19-25-55(53)56)77(106)85-58(32-33-67(97)98)71(100)90-64(41-52-28-30-54(96)31-29-52)78(107)95-69(49(12)13)80(109)93-62(38-47(8)9)74(103)88-59(35-44(2)3)72(101)87-60(36-45(4)5)73(102)91-63(40-51-23-17-16-18-24-51)76(105)89-61(37-46(6)7)75(104)94-66(81(110)111)39-48(10)11/h16-20,23-26,28-31,43-50,57-66,68-69,84,96H,15,21-22,27,32-42,82-83H2,1-14H3,(H,85,106)(H,86,108)(H,87,101)(H,88,103)(H,89,105)(H,90,100)(H,91,102)(H,92,99)(H,93,109)(H,94,104)(H,95,107)(H,97,98)(H,110,111)/t50-,57-,58-,59-,60-,61-,62-,63-,64-,65-,66-,68-,69-/m0/s1. The van der Waals surface area contributed by atoms with Gasteiger partial charge in [0.05, 0.1) is 6.04 Å². The molecule has 0 aliphatic carbocycles. The fourth-order valence-electron chi connectivity index (χ4n) is 12.7. The maximum atomic E-state index is 15.0. The molecule has 3 aromatic carbocycles. The Balaban J connectivity index is 1.66. The fraction of sp³-hybridized carbons (Fsp3) is 0.593. The average molecular weight is 1550 g/mol. The number of amides is 11. The van der Waals surface area contributed by atoms with Crippen molar-refractivity contribution in [2.24, 2.45) is 52.9 Å². The van der Waals surface area contributed by atoms with Gasteiger partial charge in [-0.05, 0) is 141 Å². The van der Waals surface area contributed by atoms with Crippen LogP contribution in [0.3, 0.4) is 0 Å². The van der Waals surface area contributed by atoms with Crippen LogP contribution in [-0.2, 0) is 81.6 Å². The number of phenols is 1. The molecule has 11 amide bonds. The summed E-state index contributed by atoms with van der Waals surface area (Å²) >= 11 is 0. The van der Waals surface area contributed by atoms with E-state index in [0.717, 1.165) is 0 Å². The summed E-state index contributed by atoms with van der Waals surface area (Å²) in [5.41, 5.74) is 14.4. The van der Waals surface area contributed by atoms with Gasteiger partial charge in [0.2, 0.25) is 65.0 Å². The van der Waals surface area contributed by atoms with Gasteiger partial charge in [-0.1, -0.05) is 164 Å². The molecule has 0 saturated heterocycles. The second kappa shape index (κ2) is 46.6. The number of para-hydroxylation sites is 1. The summed E-state index contributed by atoms with van der Waals surface area (Å²) in [5.74, 6) is -13.5. The van der Waals surface area contributed by atoms with Gasteiger partial charge in [-0.15, -0.1) is 0 Å². The number of carboxylic acids is 2. The number of aromatic nitrogens is 1. The van der Waals surface area contributed by atoms with Crippen LogP contribution < -0.4 is 70.0 Å². The third-order valence-electron chi connectivity index (χ3n) is 19.0. The minimum Gasteiger partial charge on any atom is -0.508 e. The van der Waals surface area contributed by atoms with Gasteiger partial charge in [0.25, 0.3) is 0 Å². The minimum absolute atomic E-state index is 0.0156. The van der Waals surface area contributed by atoms with Crippen molar-refractivity contribution in [3.63, 3.8) is 0 Å². The van der Waals surface area contributed by atoms with Crippen LogP contribution in [0, 0.1) is 41.4 Å². The van der Waals surface area contributed by atoms with Crippen molar-refractivity contribution in [3.8, 4) is 5.75 Å². The molecule has 4 aromatic rings. The fourth-order valence-corrected chi connectivity index (χ4v) is 12.7. The van der Waals surface area contributed by atoms with Crippen molar-refractivity contribution < 1.29 is 77.6 Å². The van der Waals surface area contributed by atoms with Gasteiger partial charge in [-0.25, -0.2) is 4.79 Å². The Morgan fingerprint density at radius 2 is 0.757 bits per heavy atom. The zero-order valence-electron chi connectivity index (χ0n) is 67.0. The van der Waals surface area contributed by atoms with Gasteiger partial charge in [0.15, 0.2) is 0 Å². The van der Waals surface area contributed by atoms with Crippen molar-refractivity contribution in [3.05, 3.63) is 102 Å². The van der Waals surface area contributed by atoms with E-state index in [0.29, 0.717) is 53.4 Å². The Hall–Kier alpha value is -9.97. The number of hydrogen-bond acceptors (Lipinski definition) is 16. The molecule has 0 unspecified atom stereocenters. The normalized spacial score (nSPS) is 15.1. The highest BCUT2D eigenvalue weighted by atomic mass is 16.4. The van der Waals surface area contributed by atoms with Crippen LogP contribution in [0.1, 0.15) is 184 Å². The maximum absolute atomic E-state index is 15.0. The van der Waals surface area contributed by atoms with Crippen LogP contribution in [-0.4, -0.2) is 176 Å². The monoisotopic (exact) mass is 1550 g/mol. The number of benzene rings is 3. The number of carboxylic acid groups (broad SMARTS) is 2.